The largest absolute Gasteiger partial charge is 0.385 e. The quantitative estimate of drug-likeness (QED) is 0.586. The molecule has 1 atom stereocenters. The predicted octanol–water partition coefficient (Wildman–Crippen LogP) is 2.49. The van der Waals surface area contributed by atoms with E-state index in [9.17, 15) is 0 Å². The molecule has 16 heavy (non-hydrogen) atoms. The summed E-state index contributed by atoms with van der Waals surface area (Å²) in [4.78, 5) is 5.66. The predicted molar refractivity (Wildman–Crippen MR) is 68.9 cm³/mol. The zero-order chi connectivity index (χ0) is 11.8. The first-order chi connectivity index (χ1) is 7.77. The van der Waals surface area contributed by atoms with Crippen LogP contribution < -0.4 is 5.32 Å². The van der Waals surface area contributed by atoms with E-state index in [0.29, 0.717) is 6.04 Å². The van der Waals surface area contributed by atoms with E-state index in [4.69, 9.17) is 4.74 Å². The van der Waals surface area contributed by atoms with E-state index < -0.39 is 0 Å². The van der Waals surface area contributed by atoms with E-state index in [1.807, 2.05) is 25.0 Å². The van der Waals surface area contributed by atoms with Crippen molar-refractivity contribution in [3.63, 3.8) is 0 Å². The van der Waals surface area contributed by atoms with Crippen molar-refractivity contribution in [2.45, 2.75) is 24.3 Å². The SMILES string of the molecule is CNC(C)c1ccc(SCCCOC)cn1. The molecule has 1 unspecified atom stereocenters. The lowest BCUT2D eigenvalue weighted by Crippen LogP contribution is -2.13. The maximum Gasteiger partial charge on any atom is 0.0571 e. The minimum Gasteiger partial charge on any atom is -0.385 e. The minimum atomic E-state index is 0.313. The van der Waals surface area contributed by atoms with Crippen LogP contribution in [0.25, 0.3) is 0 Å². The summed E-state index contributed by atoms with van der Waals surface area (Å²) in [5, 5.41) is 3.17. The van der Waals surface area contributed by atoms with E-state index >= 15 is 0 Å². The van der Waals surface area contributed by atoms with Crippen LogP contribution in [0.15, 0.2) is 23.2 Å². The summed E-state index contributed by atoms with van der Waals surface area (Å²) in [5.74, 6) is 1.08. The zero-order valence-corrected chi connectivity index (χ0v) is 11.0. The van der Waals surface area contributed by atoms with Crippen molar-refractivity contribution in [1.82, 2.24) is 10.3 Å². The Balaban J connectivity index is 2.39. The second kappa shape index (κ2) is 7.65. The van der Waals surface area contributed by atoms with Gasteiger partial charge in [-0.25, -0.2) is 0 Å². The van der Waals surface area contributed by atoms with Crippen molar-refractivity contribution < 1.29 is 4.74 Å². The van der Waals surface area contributed by atoms with Gasteiger partial charge in [0.1, 0.15) is 0 Å². The highest BCUT2D eigenvalue weighted by atomic mass is 32.2. The lowest BCUT2D eigenvalue weighted by Gasteiger charge is -2.09. The number of hydrogen-bond acceptors (Lipinski definition) is 4. The number of rotatable bonds is 7. The van der Waals surface area contributed by atoms with Crippen molar-refractivity contribution in [2.75, 3.05) is 26.5 Å². The van der Waals surface area contributed by atoms with Gasteiger partial charge in [0.25, 0.3) is 0 Å². The second-order valence-corrected chi connectivity index (χ2v) is 4.79. The first-order valence-corrected chi connectivity index (χ1v) is 6.51. The van der Waals surface area contributed by atoms with Gasteiger partial charge >= 0.3 is 0 Å². The van der Waals surface area contributed by atoms with Gasteiger partial charge in [0, 0.05) is 36.6 Å². The third-order valence-corrected chi connectivity index (χ3v) is 3.47. The van der Waals surface area contributed by atoms with Crippen molar-refractivity contribution in [1.29, 1.82) is 0 Å². The number of ether oxygens (including phenoxy) is 1. The fourth-order valence-corrected chi connectivity index (χ4v) is 2.06. The van der Waals surface area contributed by atoms with Crippen LogP contribution >= 0.6 is 11.8 Å². The molecule has 1 rings (SSSR count). The van der Waals surface area contributed by atoms with Crippen LogP contribution in [0.5, 0.6) is 0 Å². The molecule has 0 saturated carbocycles. The highest BCUT2D eigenvalue weighted by Gasteiger charge is 2.03. The molecule has 0 fully saturated rings. The molecule has 90 valence electrons. The summed E-state index contributed by atoms with van der Waals surface area (Å²) in [6.45, 7) is 2.93. The Bertz CT molecular complexity index is 290. The monoisotopic (exact) mass is 240 g/mol. The van der Waals surface area contributed by atoms with Crippen LogP contribution in [0, 0.1) is 0 Å². The van der Waals surface area contributed by atoms with E-state index in [-0.39, 0.29) is 0 Å². The summed E-state index contributed by atoms with van der Waals surface area (Å²) in [5.41, 5.74) is 1.09. The molecule has 1 aromatic heterocycles. The highest BCUT2D eigenvalue weighted by molar-refractivity contribution is 7.99. The Hall–Kier alpha value is -0.580. The van der Waals surface area contributed by atoms with E-state index in [2.05, 4.69) is 29.4 Å². The molecule has 0 aliphatic rings. The molecule has 0 bridgehead atoms. The van der Waals surface area contributed by atoms with Gasteiger partial charge in [0.2, 0.25) is 0 Å². The number of pyridine rings is 1. The number of thioether (sulfide) groups is 1. The van der Waals surface area contributed by atoms with Crippen LogP contribution in [-0.4, -0.2) is 31.5 Å². The van der Waals surface area contributed by atoms with Crippen LogP contribution in [0.1, 0.15) is 25.1 Å². The zero-order valence-electron chi connectivity index (χ0n) is 10.2. The van der Waals surface area contributed by atoms with E-state index in [1.165, 1.54) is 4.90 Å². The fourth-order valence-electron chi connectivity index (χ4n) is 1.27. The van der Waals surface area contributed by atoms with Crippen LogP contribution in [-0.2, 0) is 4.74 Å². The van der Waals surface area contributed by atoms with Crippen LogP contribution in [0.2, 0.25) is 0 Å². The summed E-state index contributed by atoms with van der Waals surface area (Å²) in [6.07, 6.45) is 3.02. The highest BCUT2D eigenvalue weighted by Crippen LogP contribution is 2.19. The first-order valence-electron chi connectivity index (χ1n) is 5.53. The molecule has 3 nitrogen and oxygen atoms in total. The molecule has 4 heteroatoms. The molecule has 0 aromatic carbocycles. The van der Waals surface area contributed by atoms with Crippen LogP contribution in [0.4, 0.5) is 0 Å². The molecule has 1 N–H and O–H groups in total. The molecular formula is C12H20N2OS. The van der Waals surface area contributed by atoms with Gasteiger partial charge in [-0.3, -0.25) is 4.98 Å². The van der Waals surface area contributed by atoms with Crippen molar-refractivity contribution >= 4 is 11.8 Å². The van der Waals surface area contributed by atoms with Gasteiger partial charge in [-0.05, 0) is 32.5 Å². The Labute approximate surface area is 102 Å². The van der Waals surface area contributed by atoms with Crippen molar-refractivity contribution in [3.8, 4) is 0 Å². The number of aromatic nitrogens is 1. The summed E-state index contributed by atoms with van der Waals surface area (Å²) in [7, 11) is 3.68. The van der Waals surface area contributed by atoms with Gasteiger partial charge in [-0.1, -0.05) is 0 Å². The average molecular weight is 240 g/mol. The fraction of sp³-hybridized carbons (Fsp3) is 0.583. The molecule has 0 amide bonds. The molecule has 1 heterocycles. The van der Waals surface area contributed by atoms with Crippen molar-refractivity contribution in [3.05, 3.63) is 24.0 Å². The molecule has 0 saturated heterocycles. The van der Waals surface area contributed by atoms with E-state index in [1.54, 1.807) is 7.11 Å². The lowest BCUT2D eigenvalue weighted by atomic mass is 10.2. The number of nitrogens with one attached hydrogen (secondary N) is 1. The third-order valence-electron chi connectivity index (χ3n) is 2.40. The van der Waals surface area contributed by atoms with Gasteiger partial charge in [-0.15, -0.1) is 11.8 Å². The smallest absolute Gasteiger partial charge is 0.0571 e. The summed E-state index contributed by atoms with van der Waals surface area (Å²) >= 11 is 1.83. The average Bonchev–Trinajstić information content (AvgIpc) is 2.34. The molecule has 1 aromatic rings. The summed E-state index contributed by atoms with van der Waals surface area (Å²) < 4.78 is 5.01. The molecule has 0 aliphatic carbocycles. The van der Waals surface area contributed by atoms with Gasteiger partial charge in [0.05, 0.1) is 5.69 Å². The summed E-state index contributed by atoms with van der Waals surface area (Å²) in [6, 6.07) is 4.53. The number of hydrogen-bond donors (Lipinski definition) is 1. The Morgan fingerprint density at radius 3 is 2.88 bits per heavy atom. The maximum atomic E-state index is 5.01. The van der Waals surface area contributed by atoms with Gasteiger partial charge in [-0.2, -0.15) is 0 Å². The molecule has 0 aliphatic heterocycles. The third kappa shape index (κ3) is 4.51. The molecular weight excluding hydrogens is 220 g/mol. The van der Waals surface area contributed by atoms with Gasteiger partial charge in [0.15, 0.2) is 0 Å². The molecule has 0 radical (unpaired) electrons. The first kappa shape index (κ1) is 13.5. The maximum absolute atomic E-state index is 5.01. The standard InChI is InChI=1S/C12H20N2OS/c1-10(13-2)12-6-5-11(9-14-12)16-8-4-7-15-3/h5-6,9-10,13H,4,7-8H2,1-3H3. The normalized spacial score (nSPS) is 12.7. The topological polar surface area (TPSA) is 34.1 Å². The Morgan fingerprint density at radius 1 is 1.50 bits per heavy atom. The minimum absolute atomic E-state index is 0.313. The second-order valence-electron chi connectivity index (χ2n) is 3.62. The van der Waals surface area contributed by atoms with E-state index in [0.717, 1.165) is 24.5 Å². The Morgan fingerprint density at radius 2 is 2.31 bits per heavy atom. The van der Waals surface area contributed by atoms with Gasteiger partial charge < -0.3 is 10.1 Å². The van der Waals surface area contributed by atoms with Crippen molar-refractivity contribution in [2.24, 2.45) is 0 Å². The number of nitrogens with zero attached hydrogens (tertiary/aromatic N) is 1. The van der Waals surface area contributed by atoms with Crippen LogP contribution in [0.3, 0.4) is 0 Å². The molecule has 0 spiro atoms. The lowest BCUT2D eigenvalue weighted by molar-refractivity contribution is 0.200. The number of methoxy groups -OCH3 is 1. The Kier molecular flexibility index (Phi) is 6.45.